The lowest BCUT2D eigenvalue weighted by Gasteiger charge is -2.20. The molecule has 0 spiro atoms. The van der Waals surface area contributed by atoms with E-state index >= 15 is 0 Å². The van der Waals surface area contributed by atoms with Crippen molar-refractivity contribution >= 4 is 0 Å². The van der Waals surface area contributed by atoms with Crippen LogP contribution in [0.2, 0.25) is 0 Å². The summed E-state index contributed by atoms with van der Waals surface area (Å²) in [6.45, 7) is 10.2. The van der Waals surface area contributed by atoms with Crippen molar-refractivity contribution in [1.82, 2.24) is 0 Å². The number of hydrogen-bond acceptors (Lipinski definition) is 3. The van der Waals surface area contributed by atoms with Crippen LogP contribution in [0, 0.1) is 0 Å². The number of rotatable bonds is 7. The third-order valence-electron chi connectivity index (χ3n) is 2.50. The summed E-state index contributed by atoms with van der Waals surface area (Å²) in [5.74, 6) is 0. The molecule has 0 aromatic heterocycles. The van der Waals surface area contributed by atoms with Crippen molar-refractivity contribution in [1.29, 1.82) is 0 Å². The summed E-state index contributed by atoms with van der Waals surface area (Å²) in [6.07, 6.45) is 9.07. The van der Waals surface area contributed by atoms with Crippen LogP contribution in [-0.2, 0) is 0 Å². The minimum atomic E-state index is -0.987. The van der Waals surface area contributed by atoms with Gasteiger partial charge in [0, 0.05) is 0 Å². The molecule has 2 atom stereocenters. The zero-order valence-electron chi connectivity index (χ0n) is 11.8. The minimum Gasteiger partial charge on any atom is -0.386 e. The molecule has 3 N–H and O–H groups in total. The molecule has 0 heterocycles. The molecule has 0 aromatic rings. The van der Waals surface area contributed by atoms with Crippen LogP contribution in [0.4, 0.5) is 0 Å². The van der Waals surface area contributed by atoms with E-state index in [1.807, 2.05) is 0 Å². The van der Waals surface area contributed by atoms with Gasteiger partial charge >= 0.3 is 0 Å². The van der Waals surface area contributed by atoms with Crippen molar-refractivity contribution in [3.05, 3.63) is 37.0 Å². The molecule has 0 radical (unpaired) electrons. The Balaban J connectivity index is 4.35. The van der Waals surface area contributed by atoms with Gasteiger partial charge in [-0.1, -0.05) is 30.4 Å². The highest BCUT2D eigenvalue weighted by molar-refractivity contribution is 5.08. The van der Waals surface area contributed by atoms with Gasteiger partial charge < -0.3 is 15.3 Å². The van der Waals surface area contributed by atoms with E-state index in [1.165, 1.54) is 6.08 Å². The predicted molar refractivity (Wildman–Crippen MR) is 75.3 cm³/mol. The summed E-state index contributed by atoms with van der Waals surface area (Å²) >= 11 is 0. The molecule has 3 nitrogen and oxygen atoms in total. The molecule has 0 bridgehead atoms. The molecule has 0 amide bonds. The van der Waals surface area contributed by atoms with Crippen LogP contribution in [-0.4, -0.2) is 32.1 Å². The van der Waals surface area contributed by atoms with Gasteiger partial charge in [-0.25, -0.2) is 0 Å². The van der Waals surface area contributed by atoms with Gasteiger partial charge in [-0.3, -0.25) is 0 Å². The first-order chi connectivity index (χ1) is 7.97. The van der Waals surface area contributed by atoms with E-state index < -0.39 is 16.8 Å². The lowest BCUT2D eigenvalue weighted by molar-refractivity contribution is 0.106. The maximum Gasteiger partial charge on any atom is 0.0833 e. The zero-order chi connectivity index (χ0) is 14.4. The van der Waals surface area contributed by atoms with Gasteiger partial charge in [-0.2, -0.15) is 0 Å². The van der Waals surface area contributed by atoms with Crippen LogP contribution >= 0.6 is 0 Å². The highest BCUT2D eigenvalue weighted by Crippen LogP contribution is 2.17. The molecular formula is C15H26O3. The monoisotopic (exact) mass is 254 g/mol. The first kappa shape index (κ1) is 17.1. The van der Waals surface area contributed by atoms with Gasteiger partial charge in [0.2, 0.25) is 0 Å². The van der Waals surface area contributed by atoms with Crippen molar-refractivity contribution < 1.29 is 15.3 Å². The number of hydrogen-bond donors (Lipinski definition) is 3. The van der Waals surface area contributed by atoms with Crippen molar-refractivity contribution in [3.8, 4) is 0 Å². The Morgan fingerprint density at radius 1 is 0.833 bits per heavy atom. The molecule has 3 heteroatoms. The Morgan fingerprint density at radius 2 is 1.28 bits per heavy atom. The molecule has 0 aliphatic rings. The van der Waals surface area contributed by atoms with Crippen LogP contribution in [0.5, 0.6) is 0 Å². The summed E-state index contributed by atoms with van der Waals surface area (Å²) in [7, 11) is 0. The molecule has 0 rings (SSSR count). The molecule has 0 aliphatic carbocycles. The average molecular weight is 254 g/mol. The second-order valence-corrected chi connectivity index (χ2v) is 5.79. The van der Waals surface area contributed by atoms with Gasteiger partial charge in [0.15, 0.2) is 0 Å². The normalized spacial score (nSPS) is 19.9. The molecule has 0 fully saturated rings. The van der Waals surface area contributed by atoms with Crippen molar-refractivity contribution in [2.24, 2.45) is 0 Å². The second kappa shape index (κ2) is 6.32. The fourth-order valence-electron chi connectivity index (χ4n) is 1.29. The SMILES string of the molecule is C=CC(C)(O)CC=CC(C)(O)CC=CC(C)(C)O. The van der Waals surface area contributed by atoms with E-state index in [-0.39, 0.29) is 0 Å². The van der Waals surface area contributed by atoms with Crippen LogP contribution in [0.15, 0.2) is 37.0 Å². The predicted octanol–water partition coefficient (Wildman–Crippen LogP) is 2.34. The Hall–Kier alpha value is -0.900. The van der Waals surface area contributed by atoms with Crippen molar-refractivity contribution in [3.63, 3.8) is 0 Å². The van der Waals surface area contributed by atoms with Crippen LogP contribution in [0.3, 0.4) is 0 Å². The topological polar surface area (TPSA) is 60.7 Å². The van der Waals surface area contributed by atoms with E-state index in [0.717, 1.165) is 0 Å². The Labute approximate surface area is 110 Å². The molecule has 0 saturated carbocycles. The molecule has 0 aromatic carbocycles. The lowest BCUT2D eigenvalue weighted by atomic mass is 9.96. The van der Waals surface area contributed by atoms with Gasteiger partial charge in [0.1, 0.15) is 0 Å². The molecule has 104 valence electrons. The highest BCUT2D eigenvalue weighted by atomic mass is 16.3. The molecular weight excluding hydrogens is 228 g/mol. The third kappa shape index (κ3) is 9.16. The highest BCUT2D eigenvalue weighted by Gasteiger charge is 2.17. The van der Waals surface area contributed by atoms with Crippen molar-refractivity contribution in [2.45, 2.75) is 57.3 Å². The standard InChI is InChI=1S/C15H26O3/c1-6-14(4,17)10-8-12-15(5,18)11-7-9-13(2,3)16/h6-9,12,16-18H,1,10-11H2,2-5H3. The molecule has 2 unspecified atom stereocenters. The van der Waals surface area contributed by atoms with Crippen LogP contribution in [0.25, 0.3) is 0 Å². The maximum atomic E-state index is 10.1. The molecule has 0 aliphatic heterocycles. The summed E-state index contributed by atoms with van der Waals surface area (Å²) in [5, 5.41) is 29.3. The van der Waals surface area contributed by atoms with Crippen LogP contribution < -0.4 is 0 Å². The van der Waals surface area contributed by atoms with E-state index in [2.05, 4.69) is 6.58 Å². The van der Waals surface area contributed by atoms with Gasteiger partial charge in [0.25, 0.3) is 0 Å². The fourth-order valence-corrected chi connectivity index (χ4v) is 1.29. The summed E-state index contributed by atoms with van der Waals surface area (Å²) in [6, 6.07) is 0. The quantitative estimate of drug-likeness (QED) is 0.611. The van der Waals surface area contributed by atoms with E-state index in [4.69, 9.17) is 0 Å². The van der Waals surface area contributed by atoms with Crippen molar-refractivity contribution in [2.75, 3.05) is 0 Å². The van der Waals surface area contributed by atoms with E-state index in [1.54, 1.807) is 52.0 Å². The second-order valence-electron chi connectivity index (χ2n) is 5.79. The zero-order valence-corrected chi connectivity index (χ0v) is 11.8. The van der Waals surface area contributed by atoms with Gasteiger partial charge in [-0.15, -0.1) is 6.58 Å². The van der Waals surface area contributed by atoms with E-state index in [0.29, 0.717) is 12.8 Å². The summed E-state index contributed by atoms with van der Waals surface area (Å²) < 4.78 is 0. The van der Waals surface area contributed by atoms with Crippen LogP contribution in [0.1, 0.15) is 40.5 Å². The number of aliphatic hydroxyl groups is 3. The molecule has 0 saturated heterocycles. The van der Waals surface area contributed by atoms with Gasteiger partial charge in [-0.05, 0) is 40.5 Å². The largest absolute Gasteiger partial charge is 0.386 e. The lowest BCUT2D eigenvalue weighted by Crippen LogP contribution is -2.22. The first-order valence-corrected chi connectivity index (χ1v) is 6.14. The summed E-state index contributed by atoms with van der Waals surface area (Å²) in [4.78, 5) is 0. The maximum absolute atomic E-state index is 10.1. The third-order valence-corrected chi connectivity index (χ3v) is 2.50. The molecule has 18 heavy (non-hydrogen) atoms. The van der Waals surface area contributed by atoms with Gasteiger partial charge in [0.05, 0.1) is 16.8 Å². The average Bonchev–Trinajstić information content (AvgIpc) is 2.14. The first-order valence-electron chi connectivity index (χ1n) is 6.14. The summed E-state index contributed by atoms with van der Waals surface area (Å²) in [5.41, 5.74) is -2.80. The smallest absolute Gasteiger partial charge is 0.0833 e. The van der Waals surface area contributed by atoms with E-state index in [9.17, 15) is 15.3 Å². The minimum absolute atomic E-state index is 0.405. The Morgan fingerprint density at radius 3 is 1.72 bits per heavy atom. The fraction of sp³-hybridized carbons (Fsp3) is 0.600. The Bertz CT molecular complexity index is 317. The Kier molecular flexibility index (Phi) is 6.00.